The highest BCUT2D eigenvalue weighted by atomic mass is 32.1. The number of fused-ring (bicyclic) bond motifs is 1. The van der Waals surface area contributed by atoms with Crippen molar-refractivity contribution in [1.29, 1.82) is 0 Å². The van der Waals surface area contributed by atoms with Crippen molar-refractivity contribution in [3.8, 4) is 5.88 Å². The minimum Gasteiger partial charge on any atom is -0.493 e. The lowest BCUT2D eigenvalue weighted by atomic mass is 10.3. The molecule has 0 aliphatic rings. The number of aliphatic imine (C=N–C) groups is 1. The first kappa shape index (κ1) is 13.0. The van der Waals surface area contributed by atoms with Crippen LogP contribution in [0.15, 0.2) is 29.3 Å². The summed E-state index contributed by atoms with van der Waals surface area (Å²) in [6.45, 7) is 2.57. The fourth-order valence-electron chi connectivity index (χ4n) is 1.90. The molecule has 2 aromatic heterocycles. The van der Waals surface area contributed by atoms with Gasteiger partial charge in [-0.15, -0.1) is 0 Å². The zero-order valence-corrected chi connectivity index (χ0v) is 12.3. The van der Waals surface area contributed by atoms with Crippen molar-refractivity contribution in [2.75, 3.05) is 0 Å². The first-order valence-corrected chi connectivity index (χ1v) is 7.33. The second kappa shape index (κ2) is 5.18. The fraction of sp³-hybridized carbons (Fsp3) is 0.154. The molecule has 102 valence electrons. The summed E-state index contributed by atoms with van der Waals surface area (Å²) >= 11 is 6.51. The lowest BCUT2D eigenvalue weighted by Gasteiger charge is -1.97. The van der Waals surface area contributed by atoms with Crippen LogP contribution < -0.4 is 0 Å². The molecule has 0 amide bonds. The standard InChI is InChI=1S/C13H12N4OS2/c1-2-17-11(18)10(20-13(17)19)7-14-12-15-8-5-3-4-6-9(8)16-12/h3-7,18H,2H2,1H3,(H,15,16). The molecule has 0 spiro atoms. The first-order chi connectivity index (χ1) is 9.69. The first-order valence-electron chi connectivity index (χ1n) is 6.10. The maximum atomic E-state index is 10.0. The van der Waals surface area contributed by atoms with Gasteiger partial charge in [0, 0.05) is 6.54 Å². The number of benzene rings is 1. The number of thiazole rings is 1. The second-order valence-corrected chi connectivity index (χ2v) is 5.81. The molecule has 1 aromatic carbocycles. The van der Waals surface area contributed by atoms with Crippen LogP contribution in [0.25, 0.3) is 11.0 Å². The van der Waals surface area contributed by atoms with Gasteiger partial charge in [0.15, 0.2) is 3.95 Å². The molecule has 7 heteroatoms. The Kier molecular flexibility index (Phi) is 3.37. The third-order valence-electron chi connectivity index (χ3n) is 2.89. The normalized spacial score (nSPS) is 11.7. The highest BCUT2D eigenvalue weighted by molar-refractivity contribution is 7.73. The molecule has 5 nitrogen and oxygen atoms in total. The van der Waals surface area contributed by atoms with Gasteiger partial charge in [-0.3, -0.25) is 4.57 Å². The molecule has 2 heterocycles. The Hall–Kier alpha value is -1.99. The van der Waals surface area contributed by atoms with Crippen molar-refractivity contribution >= 4 is 46.8 Å². The molecule has 0 aliphatic heterocycles. The van der Waals surface area contributed by atoms with Crippen LogP contribution in [0.4, 0.5) is 5.95 Å². The van der Waals surface area contributed by atoms with Gasteiger partial charge in [0.05, 0.1) is 17.2 Å². The summed E-state index contributed by atoms with van der Waals surface area (Å²) in [4.78, 5) is 12.3. The van der Waals surface area contributed by atoms with Gasteiger partial charge in [-0.2, -0.15) is 0 Å². The molecule has 3 rings (SSSR count). The molecular formula is C13H12N4OS2. The Morgan fingerprint density at radius 2 is 2.30 bits per heavy atom. The fourth-order valence-corrected chi connectivity index (χ4v) is 3.20. The monoisotopic (exact) mass is 304 g/mol. The number of imidazole rings is 1. The number of para-hydroxylation sites is 2. The molecular weight excluding hydrogens is 292 g/mol. The van der Waals surface area contributed by atoms with Gasteiger partial charge in [0.25, 0.3) is 0 Å². The molecule has 0 bridgehead atoms. The van der Waals surface area contributed by atoms with E-state index >= 15 is 0 Å². The number of hydrogen-bond acceptors (Lipinski definition) is 5. The highest BCUT2D eigenvalue weighted by Crippen LogP contribution is 2.25. The molecule has 0 unspecified atom stereocenters. The molecule has 0 atom stereocenters. The lowest BCUT2D eigenvalue weighted by Crippen LogP contribution is -1.92. The van der Waals surface area contributed by atoms with E-state index in [1.165, 1.54) is 11.3 Å². The number of aromatic nitrogens is 3. The lowest BCUT2D eigenvalue weighted by molar-refractivity contribution is 0.419. The van der Waals surface area contributed by atoms with Gasteiger partial charge >= 0.3 is 0 Å². The van der Waals surface area contributed by atoms with E-state index in [1.807, 2.05) is 31.2 Å². The summed E-state index contributed by atoms with van der Waals surface area (Å²) in [5.74, 6) is 0.662. The summed E-state index contributed by atoms with van der Waals surface area (Å²) in [6, 6.07) is 7.72. The van der Waals surface area contributed by atoms with Crippen molar-refractivity contribution in [1.82, 2.24) is 14.5 Å². The van der Waals surface area contributed by atoms with Gasteiger partial charge in [-0.05, 0) is 31.3 Å². The Bertz CT molecular complexity index is 811. The summed E-state index contributed by atoms with van der Waals surface area (Å²) in [7, 11) is 0. The molecule has 0 saturated carbocycles. The number of nitrogens with zero attached hydrogens (tertiary/aromatic N) is 3. The van der Waals surface area contributed by atoms with Crippen molar-refractivity contribution in [2.45, 2.75) is 13.5 Å². The van der Waals surface area contributed by atoms with Gasteiger partial charge in [-0.1, -0.05) is 23.5 Å². The number of hydrogen-bond donors (Lipinski definition) is 2. The number of H-pyrrole nitrogens is 1. The van der Waals surface area contributed by atoms with E-state index < -0.39 is 0 Å². The highest BCUT2D eigenvalue weighted by Gasteiger charge is 2.08. The Balaban J connectivity index is 1.96. The molecule has 0 radical (unpaired) electrons. The van der Waals surface area contributed by atoms with E-state index in [9.17, 15) is 5.11 Å². The minimum absolute atomic E-state index is 0.155. The average molecular weight is 304 g/mol. The second-order valence-electron chi connectivity index (χ2n) is 4.14. The number of nitrogens with one attached hydrogen (secondary N) is 1. The quantitative estimate of drug-likeness (QED) is 0.573. The van der Waals surface area contributed by atoms with Crippen LogP contribution in [0.2, 0.25) is 0 Å². The smallest absolute Gasteiger partial charge is 0.227 e. The Morgan fingerprint density at radius 1 is 1.50 bits per heavy atom. The predicted molar refractivity (Wildman–Crippen MR) is 83.8 cm³/mol. The molecule has 3 aromatic rings. The minimum atomic E-state index is 0.155. The molecule has 0 fully saturated rings. The van der Waals surface area contributed by atoms with E-state index in [0.717, 1.165) is 11.0 Å². The van der Waals surface area contributed by atoms with E-state index in [0.29, 0.717) is 21.3 Å². The van der Waals surface area contributed by atoms with Crippen LogP contribution in [-0.4, -0.2) is 25.9 Å². The van der Waals surface area contributed by atoms with E-state index in [2.05, 4.69) is 15.0 Å². The van der Waals surface area contributed by atoms with E-state index in [-0.39, 0.29) is 5.88 Å². The number of aromatic amines is 1. The zero-order valence-electron chi connectivity index (χ0n) is 10.7. The summed E-state index contributed by atoms with van der Waals surface area (Å²) in [5.41, 5.74) is 1.80. The molecule has 0 aliphatic carbocycles. The van der Waals surface area contributed by atoms with Crippen LogP contribution in [0.1, 0.15) is 11.8 Å². The van der Waals surface area contributed by atoms with Crippen molar-refractivity contribution in [2.24, 2.45) is 4.99 Å². The molecule has 0 saturated heterocycles. The molecule has 20 heavy (non-hydrogen) atoms. The Morgan fingerprint density at radius 3 is 3.00 bits per heavy atom. The maximum absolute atomic E-state index is 10.0. The maximum Gasteiger partial charge on any atom is 0.227 e. The van der Waals surface area contributed by atoms with Crippen molar-refractivity contribution in [3.05, 3.63) is 33.1 Å². The SMILES string of the molecule is CCn1c(O)c(C=Nc2nc3ccccc3[nH]2)sc1=S. The van der Waals surface area contributed by atoms with Crippen LogP contribution >= 0.6 is 23.6 Å². The van der Waals surface area contributed by atoms with Gasteiger partial charge < -0.3 is 10.1 Å². The van der Waals surface area contributed by atoms with Crippen molar-refractivity contribution < 1.29 is 5.11 Å². The van der Waals surface area contributed by atoms with Gasteiger partial charge in [-0.25, -0.2) is 9.98 Å². The van der Waals surface area contributed by atoms with Crippen LogP contribution in [0.5, 0.6) is 5.88 Å². The van der Waals surface area contributed by atoms with Crippen LogP contribution in [0.3, 0.4) is 0 Å². The zero-order chi connectivity index (χ0) is 14.1. The third kappa shape index (κ3) is 2.25. The molecule has 2 N–H and O–H groups in total. The number of aromatic hydroxyl groups is 1. The summed E-state index contributed by atoms with van der Waals surface area (Å²) in [5, 5.41) is 10.0. The Labute approximate surface area is 124 Å². The van der Waals surface area contributed by atoms with Crippen LogP contribution in [0, 0.1) is 3.95 Å². The predicted octanol–water partition coefficient (Wildman–Crippen LogP) is 3.63. The number of rotatable bonds is 3. The average Bonchev–Trinajstić information content (AvgIpc) is 2.97. The third-order valence-corrected chi connectivity index (χ3v) is 4.26. The van der Waals surface area contributed by atoms with E-state index in [4.69, 9.17) is 12.2 Å². The van der Waals surface area contributed by atoms with E-state index in [1.54, 1.807) is 10.8 Å². The largest absolute Gasteiger partial charge is 0.493 e. The van der Waals surface area contributed by atoms with Crippen molar-refractivity contribution in [3.63, 3.8) is 0 Å². The summed E-state index contributed by atoms with van der Waals surface area (Å²) in [6.07, 6.45) is 1.58. The van der Waals surface area contributed by atoms with Gasteiger partial charge in [0.1, 0.15) is 4.88 Å². The van der Waals surface area contributed by atoms with Gasteiger partial charge in [0.2, 0.25) is 11.8 Å². The summed E-state index contributed by atoms with van der Waals surface area (Å²) < 4.78 is 2.30. The topological polar surface area (TPSA) is 66.2 Å². The van der Waals surface area contributed by atoms with Crippen LogP contribution in [-0.2, 0) is 6.54 Å².